The number of benzene rings is 2. The van der Waals surface area contributed by atoms with Crippen molar-refractivity contribution in [3.63, 3.8) is 0 Å². The van der Waals surface area contributed by atoms with Crippen LogP contribution >= 0.6 is 11.6 Å². The van der Waals surface area contributed by atoms with Crippen LogP contribution in [0, 0.1) is 6.92 Å². The molecule has 168 valence electrons. The van der Waals surface area contributed by atoms with E-state index in [4.69, 9.17) is 16.3 Å². The van der Waals surface area contributed by atoms with Crippen molar-refractivity contribution >= 4 is 34.7 Å². The van der Waals surface area contributed by atoms with E-state index >= 15 is 0 Å². The van der Waals surface area contributed by atoms with Gasteiger partial charge in [-0.1, -0.05) is 36.7 Å². The fourth-order valence-electron chi connectivity index (χ4n) is 3.59. The van der Waals surface area contributed by atoms with Crippen molar-refractivity contribution in [2.75, 3.05) is 11.9 Å². The number of amides is 2. The topological polar surface area (TPSA) is 71.5 Å². The van der Waals surface area contributed by atoms with E-state index in [1.54, 1.807) is 48.8 Å². The van der Waals surface area contributed by atoms with Gasteiger partial charge in [-0.05, 0) is 66.4 Å². The molecule has 7 heteroatoms. The third-order valence-corrected chi connectivity index (χ3v) is 5.81. The molecule has 0 radical (unpaired) electrons. The maximum atomic E-state index is 13.5. The van der Waals surface area contributed by atoms with Crippen molar-refractivity contribution in [1.82, 2.24) is 9.88 Å². The quantitative estimate of drug-likeness (QED) is 0.465. The average molecular weight is 462 g/mol. The molecule has 0 spiro atoms. The van der Waals surface area contributed by atoms with Gasteiger partial charge in [0.1, 0.15) is 11.4 Å². The Morgan fingerprint density at radius 3 is 2.42 bits per heavy atom. The highest BCUT2D eigenvalue weighted by atomic mass is 35.5. The van der Waals surface area contributed by atoms with Crippen LogP contribution in [0.4, 0.5) is 5.69 Å². The van der Waals surface area contributed by atoms with Crippen LogP contribution in [0.5, 0.6) is 5.75 Å². The van der Waals surface area contributed by atoms with Crippen molar-refractivity contribution in [2.45, 2.75) is 26.8 Å². The van der Waals surface area contributed by atoms with Gasteiger partial charge in [-0.25, -0.2) is 0 Å². The lowest BCUT2D eigenvalue weighted by atomic mass is 10.0. The normalized spacial score (nSPS) is 13.6. The number of aromatic nitrogens is 1. The lowest BCUT2D eigenvalue weighted by Gasteiger charge is -2.16. The third kappa shape index (κ3) is 4.76. The summed E-state index contributed by atoms with van der Waals surface area (Å²) in [5, 5.41) is 3.76. The summed E-state index contributed by atoms with van der Waals surface area (Å²) in [6.45, 7) is 4.66. The van der Waals surface area contributed by atoms with Crippen molar-refractivity contribution in [1.29, 1.82) is 0 Å². The molecule has 33 heavy (non-hydrogen) atoms. The van der Waals surface area contributed by atoms with E-state index in [0.717, 1.165) is 17.5 Å². The standard InChI is InChI=1S/C26H24ClN3O3/c1-3-15-33-20-9-7-19(8-10-20)23-24(29-22-6-4-5-21(27)17(22)2)26(32)30(25(23)31)16-18-11-13-28-14-12-18/h4-14,29H,3,15-16H2,1-2H3. The Morgan fingerprint density at radius 2 is 1.73 bits per heavy atom. The zero-order valence-corrected chi connectivity index (χ0v) is 19.2. The summed E-state index contributed by atoms with van der Waals surface area (Å²) in [4.78, 5) is 32.1. The number of nitrogens with one attached hydrogen (secondary N) is 1. The molecule has 1 N–H and O–H groups in total. The number of nitrogens with zero attached hydrogens (tertiary/aromatic N) is 2. The maximum Gasteiger partial charge on any atom is 0.278 e. The van der Waals surface area contributed by atoms with Crippen molar-refractivity contribution in [2.24, 2.45) is 0 Å². The van der Waals surface area contributed by atoms with Crippen LogP contribution in [0.25, 0.3) is 5.57 Å². The molecule has 0 saturated heterocycles. The number of hydrogen-bond donors (Lipinski definition) is 1. The molecule has 0 unspecified atom stereocenters. The van der Waals surface area contributed by atoms with Gasteiger partial charge < -0.3 is 10.1 Å². The lowest BCUT2D eigenvalue weighted by Crippen LogP contribution is -2.32. The average Bonchev–Trinajstić information content (AvgIpc) is 3.06. The fourth-order valence-corrected chi connectivity index (χ4v) is 3.76. The smallest absolute Gasteiger partial charge is 0.278 e. The first-order valence-electron chi connectivity index (χ1n) is 10.7. The largest absolute Gasteiger partial charge is 0.494 e. The number of rotatable bonds is 8. The molecule has 0 aliphatic carbocycles. The molecule has 6 nitrogen and oxygen atoms in total. The Kier molecular flexibility index (Phi) is 6.75. The van der Waals surface area contributed by atoms with Crippen LogP contribution in [0.2, 0.25) is 5.02 Å². The first kappa shape index (κ1) is 22.6. The Balaban J connectivity index is 1.73. The van der Waals surface area contributed by atoms with Crippen LogP contribution in [-0.4, -0.2) is 28.3 Å². The van der Waals surface area contributed by atoms with E-state index in [2.05, 4.69) is 10.3 Å². The SMILES string of the molecule is CCCOc1ccc(C2=C(Nc3cccc(Cl)c3C)C(=O)N(Cc3ccncc3)C2=O)cc1. The molecule has 2 aromatic carbocycles. The van der Waals surface area contributed by atoms with Gasteiger partial charge in [-0.15, -0.1) is 0 Å². The second-order valence-electron chi connectivity index (χ2n) is 7.71. The molecule has 1 aliphatic heterocycles. The van der Waals surface area contributed by atoms with Crippen molar-refractivity contribution < 1.29 is 14.3 Å². The van der Waals surface area contributed by atoms with Crippen LogP contribution in [-0.2, 0) is 16.1 Å². The lowest BCUT2D eigenvalue weighted by molar-refractivity contribution is -0.137. The van der Waals surface area contributed by atoms with Crippen molar-refractivity contribution in [3.8, 4) is 5.75 Å². The number of carbonyl (C=O) groups is 2. The minimum absolute atomic E-state index is 0.154. The fraction of sp³-hybridized carbons (Fsp3) is 0.192. The molecule has 3 aromatic rings. The highest BCUT2D eigenvalue weighted by Crippen LogP contribution is 2.34. The van der Waals surface area contributed by atoms with E-state index < -0.39 is 5.91 Å². The summed E-state index contributed by atoms with van der Waals surface area (Å²) in [7, 11) is 0. The second kappa shape index (κ2) is 9.88. The number of carbonyl (C=O) groups excluding carboxylic acids is 2. The van der Waals surface area contributed by atoms with Crippen molar-refractivity contribution in [3.05, 3.63) is 94.4 Å². The van der Waals surface area contributed by atoms with Gasteiger partial charge in [0.15, 0.2) is 0 Å². The summed E-state index contributed by atoms with van der Waals surface area (Å²) in [6, 6.07) is 16.2. The summed E-state index contributed by atoms with van der Waals surface area (Å²) in [6.07, 6.45) is 4.17. The molecule has 0 bridgehead atoms. The molecule has 0 saturated carbocycles. The van der Waals surface area contributed by atoms with E-state index in [9.17, 15) is 9.59 Å². The Labute approximate surface area is 197 Å². The number of anilines is 1. The summed E-state index contributed by atoms with van der Waals surface area (Å²) < 4.78 is 5.66. The molecule has 4 rings (SSSR count). The predicted molar refractivity (Wildman–Crippen MR) is 129 cm³/mol. The van der Waals surface area contributed by atoms with Gasteiger partial charge in [0.2, 0.25) is 0 Å². The summed E-state index contributed by atoms with van der Waals surface area (Å²) in [5.74, 6) is -0.0365. The number of hydrogen-bond acceptors (Lipinski definition) is 5. The van der Waals surface area contributed by atoms with Gasteiger partial charge >= 0.3 is 0 Å². The Bertz CT molecular complexity index is 1210. The van der Waals surface area contributed by atoms with Gasteiger partial charge in [0, 0.05) is 23.1 Å². The zero-order valence-electron chi connectivity index (χ0n) is 18.5. The third-order valence-electron chi connectivity index (χ3n) is 5.40. The minimum atomic E-state index is -0.391. The first-order valence-corrected chi connectivity index (χ1v) is 11.1. The van der Waals surface area contributed by atoms with E-state index in [1.165, 1.54) is 4.90 Å². The summed E-state index contributed by atoms with van der Waals surface area (Å²) >= 11 is 6.27. The molecule has 2 amide bonds. The van der Waals surface area contributed by atoms with Gasteiger partial charge in [-0.2, -0.15) is 0 Å². The second-order valence-corrected chi connectivity index (χ2v) is 8.12. The predicted octanol–water partition coefficient (Wildman–Crippen LogP) is 5.22. The molecule has 2 heterocycles. The number of pyridine rings is 1. The monoisotopic (exact) mass is 461 g/mol. The number of ether oxygens (including phenoxy) is 1. The molecule has 1 aromatic heterocycles. The maximum absolute atomic E-state index is 13.5. The molecule has 0 atom stereocenters. The summed E-state index contributed by atoms with van der Waals surface area (Å²) in [5.41, 5.74) is 3.45. The number of halogens is 1. The minimum Gasteiger partial charge on any atom is -0.494 e. The van der Waals surface area contributed by atoms with Crippen LogP contribution in [0.15, 0.2) is 72.7 Å². The molecule has 1 aliphatic rings. The Hall–Kier alpha value is -3.64. The Morgan fingerprint density at radius 1 is 1.00 bits per heavy atom. The van der Waals surface area contributed by atoms with Crippen LogP contribution in [0.3, 0.4) is 0 Å². The van der Waals surface area contributed by atoms with Gasteiger partial charge in [-0.3, -0.25) is 19.5 Å². The van der Waals surface area contributed by atoms with Crippen LogP contribution < -0.4 is 10.1 Å². The van der Waals surface area contributed by atoms with Crippen LogP contribution in [0.1, 0.15) is 30.0 Å². The van der Waals surface area contributed by atoms with E-state index in [1.807, 2.05) is 32.0 Å². The molecular weight excluding hydrogens is 438 g/mol. The number of imide groups is 1. The van der Waals surface area contributed by atoms with E-state index in [-0.39, 0.29) is 18.1 Å². The molecular formula is C26H24ClN3O3. The zero-order chi connectivity index (χ0) is 23.4. The highest BCUT2D eigenvalue weighted by molar-refractivity contribution is 6.36. The van der Waals surface area contributed by atoms with E-state index in [0.29, 0.717) is 34.2 Å². The highest BCUT2D eigenvalue weighted by Gasteiger charge is 2.39. The van der Waals surface area contributed by atoms with Gasteiger partial charge in [0.25, 0.3) is 11.8 Å². The van der Waals surface area contributed by atoms with Gasteiger partial charge in [0.05, 0.1) is 18.7 Å². The first-order chi connectivity index (χ1) is 16.0. The molecule has 0 fully saturated rings.